The molecule has 0 saturated carbocycles. The molecule has 4 aromatic carbocycles. The quantitative estimate of drug-likeness (QED) is 0.0773. The Balaban J connectivity index is 1.02. The van der Waals surface area contributed by atoms with Gasteiger partial charge in [0.25, 0.3) is 19.9 Å². The molecule has 2 aliphatic rings. The molecule has 2 unspecified atom stereocenters. The van der Waals surface area contributed by atoms with Crippen LogP contribution in [0.25, 0.3) is 11.1 Å². The molecule has 7 rings (SSSR count). The van der Waals surface area contributed by atoms with Crippen molar-refractivity contribution in [1.82, 2.24) is 24.7 Å². The highest BCUT2D eigenvalue weighted by Gasteiger charge is 2.48. The molecule has 11 nitrogen and oxygen atoms in total. The summed E-state index contributed by atoms with van der Waals surface area (Å²) in [5.74, 6) is 0.00511. The maximum Gasteiger partial charge on any atom is 0.501 e. The van der Waals surface area contributed by atoms with Gasteiger partial charge in [-0.15, -0.1) is 11.8 Å². The fraction of sp³-hybridized carbons (Fsp3) is 0.364. The maximum atomic E-state index is 14.1. The van der Waals surface area contributed by atoms with E-state index < -0.39 is 41.2 Å². The Labute approximate surface area is 371 Å². The first-order chi connectivity index (χ1) is 29.5. The van der Waals surface area contributed by atoms with Gasteiger partial charge in [-0.1, -0.05) is 66.2 Å². The molecular weight excluding hydrogens is 879 g/mol. The molecule has 18 heteroatoms. The topological polar surface area (TPSA) is 128 Å². The number of benzene rings is 4. The van der Waals surface area contributed by atoms with Crippen LogP contribution in [0.1, 0.15) is 43.0 Å². The Morgan fingerprint density at radius 1 is 0.903 bits per heavy atom. The first kappa shape index (κ1) is 45.8. The molecule has 1 fully saturated rings. The lowest BCUT2D eigenvalue weighted by atomic mass is 9.96. The minimum absolute atomic E-state index is 0.00511. The Morgan fingerprint density at radius 2 is 1.60 bits per heavy atom. The predicted molar refractivity (Wildman–Crippen MR) is 239 cm³/mol. The summed E-state index contributed by atoms with van der Waals surface area (Å²) in [5.41, 5.74) is -1.26. The van der Waals surface area contributed by atoms with E-state index in [1.54, 1.807) is 18.7 Å². The zero-order valence-electron chi connectivity index (χ0n) is 34.5. The summed E-state index contributed by atoms with van der Waals surface area (Å²) >= 11 is 7.69. The van der Waals surface area contributed by atoms with Crippen molar-refractivity contribution in [2.24, 2.45) is 0 Å². The summed E-state index contributed by atoms with van der Waals surface area (Å²) in [7, 11) is -6.83. The third-order valence-corrected chi connectivity index (χ3v) is 15.9. The van der Waals surface area contributed by atoms with Gasteiger partial charge < -0.3 is 5.32 Å². The summed E-state index contributed by atoms with van der Waals surface area (Å²) in [5, 5.41) is 3.49. The summed E-state index contributed by atoms with van der Waals surface area (Å²) in [6.45, 7) is 5.46. The average Bonchev–Trinajstić information content (AvgIpc) is 3.24. The van der Waals surface area contributed by atoms with Gasteiger partial charge in [0.1, 0.15) is 17.0 Å². The van der Waals surface area contributed by atoms with E-state index in [2.05, 4.69) is 48.0 Å². The molecule has 330 valence electrons. The van der Waals surface area contributed by atoms with Crippen LogP contribution in [0.4, 0.5) is 24.7 Å². The van der Waals surface area contributed by atoms with Gasteiger partial charge in [-0.25, -0.2) is 26.8 Å². The normalized spacial score (nSPS) is 16.8. The van der Waals surface area contributed by atoms with Crippen molar-refractivity contribution >= 4 is 54.7 Å². The van der Waals surface area contributed by atoms with Crippen molar-refractivity contribution in [1.29, 1.82) is 0 Å². The van der Waals surface area contributed by atoms with E-state index in [1.165, 1.54) is 17.5 Å². The van der Waals surface area contributed by atoms with Gasteiger partial charge in [-0.3, -0.25) is 19.4 Å². The van der Waals surface area contributed by atoms with Crippen molar-refractivity contribution in [2.45, 2.75) is 83.3 Å². The zero-order chi connectivity index (χ0) is 44.2. The lowest BCUT2D eigenvalue weighted by Gasteiger charge is -2.40. The second kappa shape index (κ2) is 19.3. The second-order valence-corrected chi connectivity index (χ2v) is 21.2. The Hall–Kier alpha value is -4.23. The number of halogens is 4. The molecule has 5 aromatic rings. The van der Waals surface area contributed by atoms with E-state index in [0.717, 1.165) is 55.1 Å². The monoisotopic (exact) mass is 927 g/mol. The summed E-state index contributed by atoms with van der Waals surface area (Å²) in [4.78, 5) is 14.6. The van der Waals surface area contributed by atoms with Crippen LogP contribution in [0.3, 0.4) is 0 Å². The predicted octanol–water partition coefficient (Wildman–Crippen LogP) is 8.78. The standard InChI is InChI=1S/C44H49ClF3N7O4S3/c1-30(25-42(53(2)3)60-35-10-5-4-6-11-35)51-39-18-17-36(26-41(39)61(56,57)44(46,47)48)62(58,59)52-43-38-21-24-55(28-40(38)49-29-50-43)34-19-22-54(23-20-34)27-32-9-7-8-12-37(32)31-13-15-33(45)16-14-31/h4-18,26,29-30,34,42,51H,19-25,27-28H2,1-3H3,(H,49,50,52). The molecule has 1 aromatic heterocycles. The molecule has 0 spiro atoms. The number of hydrogen-bond acceptors (Lipinski definition) is 11. The van der Waals surface area contributed by atoms with Crippen molar-refractivity contribution in [3.63, 3.8) is 0 Å². The van der Waals surface area contributed by atoms with E-state index in [1.807, 2.05) is 79.7 Å². The number of nitrogens with one attached hydrogen (secondary N) is 2. The van der Waals surface area contributed by atoms with Crippen LogP contribution >= 0.6 is 23.4 Å². The number of sulfone groups is 1. The van der Waals surface area contributed by atoms with Gasteiger partial charge in [0, 0.05) is 47.2 Å². The summed E-state index contributed by atoms with van der Waals surface area (Å²) in [6.07, 6.45) is 3.99. The number of sulfonamides is 1. The van der Waals surface area contributed by atoms with Crippen LogP contribution in [-0.2, 0) is 39.4 Å². The van der Waals surface area contributed by atoms with Crippen LogP contribution in [0.15, 0.2) is 118 Å². The van der Waals surface area contributed by atoms with Crippen molar-refractivity contribution < 1.29 is 30.0 Å². The lowest BCUT2D eigenvalue weighted by Crippen LogP contribution is -2.46. The van der Waals surface area contributed by atoms with Crippen LogP contribution < -0.4 is 10.0 Å². The minimum Gasteiger partial charge on any atom is -0.381 e. The number of nitrogens with zero attached hydrogens (tertiary/aromatic N) is 5. The fourth-order valence-corrected chi connectivity index (χ4v) is 11.4. The Kier molecular flexibility index (Phi) is 14.2. The number of aromatic nitrogens is 2. The molecule has 0 radical (unpaired) electrons. The number of piperidine rings is 1. The van der Waals surface area contributed by atoms with Crippen LogP contribution in [0, 0.1) is 0 Å². The molecule has 0 amide bonds. The average molecular weight is 929 g/mol. The number of hydrogen-bond donors (Lipinski definition) is 2. The minimum atomic E-state index is -5.98. The molecule has 0 bridgehead atoms. The second-order valence-electron chi connectivity index (χ2n) is 15.9. The van der Waals surface area contributed by atoms with Gasteiger partial charge in [0.15, 0.2) is 0 Å². The maximum absolute atomic E-state index is 14.1. The Morgan fingerprint density at radius 3 is 2.29 bits per heavy atom. The van der Waals surface area contributed by atoms with Gasteiger partial charge in [-0.2, -0.15) is 13.2 Å². The van der Waals surface area contributed by atoms with Crippen molar-refractivity contribution in [2.75, 3.05) is 43.8 Å². The molecule has 62 heavy (non-hydrogen) atoms. The highest BCUT2D eigenvalue weighted by molar-refractivity contribution is 7.99. The molecular formula is C44H49ClF3N7O4S3. The highest BCUT2D eigenvalue weighted by atomic mass is 35.5. The largest absolute Gasteiger partial charge is 0.501 e. The highest BCUT2D eigenvalue weighted by Crippen LogP contribution is 2.38. The molecule has 2 N–H and O–H groups in total. The molecule has 0 aliphatic carbocycles. The molecule has 3 heterocycles. The number of rotatable bonds is 15. The van der Waals surface area contributed by atoms with Crippen LogP contribution in [0.2, 0.25) is 5.02 Å². The zero-order valence-corrected chi connectivity index (χ0v) is 37.7. The Bertz CT molecular complexity index is 2560. The van der Waals surface area contributed by atoms with E-state index in [-0.39, 0.29) is 16.9 Å². The molecule has 1 saturated heterocycles. The number of alkyl halides is 3. The van der Waals surface area contributed by atoms with E-state index in [9.17, 15) is 30.0 Å². The van der Waals surface area contributed by atoms with Gasteiger partial charge in [0.2, 0.25) is 0 Å². The van der Waals surface area contributed by atoms with Gasteiger partial charge in [0.05, 0.1) is 21.7 Å². The number of thioether (sulfide) groups is 1. The van der Waals surface area contributed by atoms with E-state index >= 15 is 0 Å². The lowest BCUT2D eigenvalue weighted by molar-refractivity contribution is -0.0435. The summed E-state index contributed by atoms with van der Waals surface area (Å²) in [6, 6.07) is 28.4. The first-order valence-corrected chi connectivity index (χ1v) is 24.5. The number of anilines is 2. The van der Waals surface area contributed by atoms with Gasteiger partial charge in [-0.05, 0) is 119 Å². The fourth-order valence-electron chi connectivity index (χ4n) is 8.00. The first-order valence-electron chi connectivity index (χ1n) is 20.2. The van der Waals surface area contributed by atoms with E-state index in [4.69, 9.17) is 11.6 Å². The SMILES string of the molecule is CC(CC(Sc1ccccc1)N(C)C)Nc1ccc(S(=O)(=O)Nc2ncnc3c2CCN(C2CCN(Cc4ccccc4-c4ccc(Cl)cc4)CC2)C3)cc1S(=O)(=O)C(F)(F)F. The van der Waals surface area contributed by atoms with Crippen molar-refractivity contribution in [3.8, 4) is 11.1 Å². The third kappa shape index (κ3) is 10.7. The summed E-state index contributed by atoms with van der Waals surface area (Å²) < 4.78 is 98.3. The third-order valence-electron chi connectivity index (χ3n) is 11.3. The van der Waals surface area contributed by atoms with Crippen LogP contribution in [0.5, 0.6) is 0 Å². The molecule has 2 aliphatic heterocycles. The van der Waals surface area contributed by atoms with Crippen molar-refractivity contribution in [3.05, 3.63) is 125 Å². The number of fused-ring (bicyclic) bond motifs is 1. The number of likely N-dealkylation sites (tertiary alicyclic amines) is 1. The van der Waals surface area contributed by atoms with Gasteiger partial charge >= 0.3 is 5.51 Å². The smallest absolute Gasteiger partial charge is 0.381 e. The van der Waals surface area contributed by atoms with Crippen LogP contribution in [-0.4, -0.2) is 98.2 Å². The molecule has 2 atom stereocenters. The van der Waals surface area contributed by atoms with E-state index in [0.29, 0.717) is 54.3 Å².